The second-order valence-electron chi connectivity index (χ2n) is 8.05. The molecule has 162 valence electrons. The fourth-order valence-electron chi connectivity index (χ4n) is 3.74. The molecule has 0 bridgehead atoms. The van der Waals surface area contributed by atoms with Crippen molar-refractivity contribution in [1.82, 2.24) is 0 Å². The summed E-state index contributed by atoms with van der Waals surface area (Å²) in [5.74, 6) is -1.64. The highest BCUT2D eigenvalue weighted by atomic mass is 19.2. The van der Waals surface area contributed by atoms with E-state index in [1.54, 1.807) is 36.4 Å². The number of hydrogen-bond donors (Lipinski definition) is 0. The predicted molar refractivity (Wildman–Crippen MR) is 124 cm³/mol. The molecule has 0 N–H and O–H groups in total. The quantitative estimate of drug-likeness (QED) is 0.238. The minimum Gasteiger partial charge on any atom is -0.294 e. The molecule has 0 aliphatic heterocycles. The molecular weight excluding hydrogens is 390 g/mol. The third-order valence-electron chi connectivity index (χ3n) is 5.69. The van der Waals surface area contributed by atoms with Crippen LogP contribution in [0.5, 0.6) is 0 Å². The molecule has 0 unspecified atom stereocenters. The fraction of sp³-hybridized carbons (Fsp3) is 0.321. The third-order valence-corrected chi connectivity index (χ3v) is 5.69. The molecule has 0 aliphatic carbocycles. The van der Waals surface area contributed by atoms with E-state index in [9.17, 15) is 13.6 Å². The summed E-state index contributed by atoms with van der Waals surface area (Å²) in [6.07, 6.45) is 6.82. The largest absolute Gasteiger partial charge is 0.294 e. The minimum absolute atomic E-state index is 0.0774. The number of hydrogen-bond acceptors (Lipinski definition) is 1. The zero-order valence-corrected chi connectivity index (χ0v) is 18.4. The molecule has 0 amide bonds. The molecule has 0 saturated carbocycles. The van der Waals surface area contributed by atoms with Gasteiger partial charge in [0, 0.05) is 23.1 Å². The highest BCUT2D eigenvalue weighted by Crippen LogP contribution is 2.32. The van der Waals surface area contributed by atoms with Gasteiger partial charge in [-0.1, -0.05) is 93.8 Å². The highest BCUT2D eigenvalue weighted by Gasteiger charge is 2.16. The summed E-state index contributed by atoms with van der Waals surface area (Å²) in [7, 11) is 0. The summed E-state index contributed by atoms with van der Waals surface area (Å²) in [5.41, 5.74) is 3.50. The van der Waals surface area contributed by atoms with Gasteiger partial charge in [0.2, 0.25) is 0 Å². The topological polar surface area (TPSA) is 17.1 Å². The molecule has 3 aromatic rings. The number of ketones is 1. The van der Waals surface area contributed by atoms with Crippen molar-refractivity contribution in [2.24, 2.45) is 0 Å². The molecule has 0 heterocycles. The lowest BCUT2D eigenvalue weighted by molar-refractivity contribution is 0.0980. The van der Waals surface area contributed by atoms with Crippen LogP contribution in [0.2, 0.25) is 0 Å². The van der Waals surface area contributed by atoms with Crippen LogP contribution in [-0.4, -0.2) is 5.78 Å². The first kappa shape index (κ1) is 22.9. The van der Waals surface area contributed by atoms with Crippen molar-refractivity contribution >= 4 is 5.78 Å². The minimum atomic E-state index is -0.866. The molecule has 31 heavy (non-hydrogen) atoms. The lowest BCUT2D eigenvalue weighted by Crippen LogP contribution is -1.99. The predicted octanol–water partition coefficient (Wildman–Crippen LogP) is 8.40. The smallest absolute Gasteiger partial charge is 0.167 e. The summed E-state index contributed by atoms with van der Waals surface area (Å²) in [6.45, 7) is 4.21. The monoisotopic (exact) mass is 420 g/mol. The number of aryl methyl sites for hydroxylation is 1. The lowest BCUT2D eigenvalue weighted by atomic mass is 9.96. The number of carbonyl (C=O) groups excluding carboxylic acids is 1. The zero-order chi connectivity index (χ0) is 22.2. The standard InChI is InChI=1S/C28H30F2O/c1-3-5-7-8-20-10-12-21(13-11-20)24-18-19-25(28(30)27(24)29)22-14-16-23(17-15-22)26(31)9-6-4-2/h10-19H,3-9H2,1-2H3. The van der Waals surface area contributed by atoms with E-state index in [1.807, 2.05) is 31.2 Å². The first-order valence-corrected chi connectivity index (χ1v) is 11.3. The van der Waals surface area contributed by atoms with Gasteiger partial charge < -0.3 is 0 Å². The van der Waals surface area contributed by atoms with Gasteiger partial charge in [-0.3, -0.25) is 4.79 Å². The van der Waals surface area contributed by atoms with E-state index in [1.165, 1.54) is 18.4 Å². The number of rotatable bonds is 10. The summed E-state index contributed by atoms with van der Waals surface area (Å²) >= 11 is 0. The van der Waals surface area contributed by atoms with Gasteiger partial charge in [-0.25, -0.2) is 8.78 Å². The Hall–Kier alpha value is -2.81. The van der Waals surface area contributed by atoms with Gasteiger partial charge in [-0.15, -0.1) is 0 Å². The molecule has 1 nitrogen and oxygen atoms in total. The van der Waals surface area contributed by atoms with Crippen LogP contribution < -0.4 is 0 Å². The second-order valence-corrected chi connectivity index (χ2v) is 8.05. The van der Waals surface area contributed by atoms with Crippen molar-refractivity contribution in [3.63, 3.8) is 0 Å². The lowest BCUT2D eigenvalue weighted by Gasteiger charge is -2.10. The van der Waals surface area contributed by atoms with Crippen LogP contribution in [0.25, 0.3) is 22.3 Å². The normalized spacial score (nSPS) is 11.0. The summed E-state index contributed by atoms with van der Waals surface area (Å²) in [6, 6.07) is 17.7. The third kappa shape index (κ3) is 5.66. The van der Waals surface area contributed by atoms with Crippen molar-refractivity contribution in [1.29, 1.82) is 0 Å². The molecule has 3 aromatic carbocycles. The van der Waals surface area contributed by atoms with E-state index in [2.05, 4.69) is 6.92 Å². The van der Waals surface area contributed by atoms with Gasteiger partial charge in [0.05, 0.1) is 0 Å². The first-order chi connectivity index (χ1) is 15.0. The number of halogens is 2. The van der Waals surface area contributed by atoms with Crippen molar-refractivity contribution in [2.45, 2.75) is 58.8 Å². The second kappa shape index (κ2) is 11.0. The Balaban J connectivity index is 1.80. The summed E-state index contributed by atoms with van der Waals surface area (Å²) < 4.78 is 29.8. The number of carbonyl (C=O) groups is 1. The van der Waals surface area contributed by atoms with E-state index in [0.29, 0.717) is 23.1 Å². The Morgan fingerprint density at radius 3 is 1.71 bits per heavy atom. The fourth-order valence-corrected chi connectivity index (χ4v) is 3.74. The molecular formula is C28H30F2O. The van der Waals surface area contributed by atoms with Crippen molar-refractivity contribution < 1.29 is 13.6 Å². The van der Waals surface area contributed by atoms with Gasteiger partial charge in [0.15, 0.2) is 17.4 Å². The van der Waals surface area contributed by atoms with Gasteiger partial charge in [-0.05, 0) is 36.0 Å². The Morgan fingerprint density at radius 2 is 1.19 bits per heavy atom. The highest BCUT2D eigenvalue weighted by molar-refractivity contribution is 5.96. The molecule has 0 aliphatic rings. The molecule has 0 fully saturated rings. The van der Waals surface area contributed by atoms with E-state index in [0.717, 1.165) is 25.7 Å². The molecule has 0 aromatic heterocycles. The Morgan fingerprint density at radius 1 is 0.677 bits per heavy atom. The van der Waals surface area contributed by atoms with Crippen LogP contribution in [0.4, 0.5) is 8.78 Å². The van der Waals surface area contributed by atoms with Crippen LogP contribution in [0.1, 0.15) is 68.3 Å². The average molecular weight is 421 g/mol. The van der Waals surface area contributed by atoms with E-state index >= 15 is 0 Å². The van der Waals surface area contributed by atoms with Crippen molar-refractivity contribution in [3.8, 4) is 22.3 Å². The van der Waals surface area contributed by atoms with Crippen LogP contribution in [-0.2, 0) is 6.42 Å². The van der Waals surface area contributed by atoms with Gasteiger partial charge in [0.1, 0.15) is 0 Å². The molecule has 0 radical (unpaired) electrons. The zero-order valence-electron chi connectivity index (χ0n) is 18.4. The van der Waals surface area contributed by atoms with Crippen LogP contribution in [0.15, 0.2) is 60.7 Å². The maximum absolute atomic E-state index is 14.9. The summed E-state index contributed by atoms with van der Waals surface area (Å²) in [5, 5.41) is 0. The maximum Gasteiger partial charge on any atom is 0.167 e. The molecule has 3 heteroatoms. The molecule has 0 atom stereocenters. The Labute approximate surface area is 184 Å². The van der Waals surface area contributed by atoms with Crippen molar-refractivity contribution in [3.05, 3.63) is 83.4 Å². The van der Waals surface area contributed by atoms with E-state index in [4.69, 9.17) is 0 Å². The van der Waals surface area contributed by atoms with E-state index < -0.39 is 11.6 Å². The Bertz CT molecular complexity index is 1000. The molecule has 0 spiro atoms. The maximum atomic E-state index is 14.9. The Kier molecular flexibility index (Phi) is 8.11. The van der Waals surface area contributed by atoms with Gasteiger partial charge in [-0.2, -0.15) is 0 Å². The van der Waals surface area contributed by atoms with Gasteiger partial charge in [0.25, 0.3) is 0 Å². The van der Waals surface area contributed by atoms with Crippen LogP contribution >= 0.6 is 0 Å². The van der Waals surface area contributed by atoms with Crippen LogP contribution in [0.3, 0.4) is 0 Å². The molecule has 0 saturated heterocycles. The number of unbranched alkanes of at least 4 members (excludes halogenated alkanes) is 3. The molecule has 3 rings (SSSR count). The van der Waals surface area contributed by atoms with Gasteiger partial charge >= 0.3 is 0 Å². The van der Waals surface area contributed by atoms with Crippen LogP contribution in [0, 0.1) is 11.6 Å². The summed E-state index contributed by atoms with van der Waals surface area (Å²) in [4.78, 5) is 12.1. The average Bonchev–Trinajstić information content (AvgIpc) is 2.80. The van der Waals surface area contributed by atoms with E-state index in [-0.39, 0.29) is 16.9 Å². The number of benzene rings is 3. The SMILES string of the molecule is CCCCCc1ccc(-c2ccc(-c3ccc(C(=O)CCCC)cc3)c(F)c2F)cc1. The first-order valence-electron chi connectivity index (χ1n) is 11.3. The number of Topliss-reactive ketones (excluding diaryl/α,β-unsaturated/α-hetero) is 1. The van der Waals surface area contributed by atoms with Crippen molar-refractivity contribution in [2.75, 3.05) is 0 Å².